The van der Waals surface area contributed by atoms with Crippen molar-refractivity contribution >= 4 is 52.5 Å². The van der Waals surface area contributed by atoms with Gasteiger partial charge < -0.3 is 15.4 Å². The van der Waals surface area contributed by atoms with Gasteiger partial charge in [0.25, 0.3) is 0 Å². The number of hydrogen-bond acceptors (Lipinski definition) is 6. The molecular formula is C23H19Cl2N3O3S. The maximum atomic E-state index is 12.6. The van der Waals surface area contributed by atoms with Crippen LogP contribution in [0.2, 0.25) is 10.0 Å². The van der Waals surface area contributed by atoms with Gasteiger partial charge in [0.2, 0.25) is 5.91 Å². The standard InChI is InChI=1S/C23H19Cl2N3O3S/c1-13-20(23(30)31-2)21(16-8-3-4-9-18(16)25)17(11-26)22(27-13)32-12-19(29)28-15-7-5-6-14(24)10-15/h3-10,21,27H,12H2,1-2H3,(H,28,29)/t21-/m0/s1. The lowest BCUT2D eigenvalue weighted by molar-refractivity contribution is -0.136. The maximum Gasteiger partial charge on any atom is 0.336 e. The van der Waals surface area contributed by atoms with Crippen LogP contribution in [0.5, 0.6) is 0 Å². The molecule has 6 nitrogen and oxygen atoms in total. The minimum atomic E-state index is -0.721. The van der Waals surface area contributed by atoms with E-state index in [1.807, 2.05) is 0 Å². The fourth-order valence-corrected chi connectivity index (χ4v) is 4.66. The second-order valence-electron chi connectivity index (χ2n) is 6.81. The Kier molecular flexibility index (Phi) is 7.86. The molecule has 2 aromatic carbocycles. The van der Waals surface area contributed by atoms with E-state index in [1.165, 1.54) is 7.11 Å². The van der Waals surface area contributed by atoms with Crippen molar-refractivity contribution in [3.05, 3.63) is 86.0 Å². The molecule has 1 amide bonds. The van der Waals surface area contributed by atoms with Gasteiger partial charge in [0, 0.05) is 21.4 Å². The van der Waals surface area contributed by atoms with Gasteiger partial charge in [-0.2, -0.15) is 5.26 Å². The number of esters is 1. The van der Waals surface area contributed by atoms with Crippen LogP contribution < -0.4 is 10.6 Å². The largest absolute Gasteiger partial charge is 0.466 e. The number of hydrogen-bond donors (Lipinski definition) is 2. The zero-order valence-corrected chi connectivity index (χ0v) is 19.6. The molecule has 164 valence electrons. The summed E-state index contributed by atoms with van der Waals surface area (Å²) in [6.07, 6.45) is 0. The van der Waals surface area contributed by atoms with Gasteiger partial charge in [-0.1, -0.05) is 59.2 Å². The smallest absolute Gasteiger partial charge is 0.336 e. The van der Waals surface area contributed by atoms with Crippen LogP contribution in [0.15, 0.2) is 70.4 Å². The third kappa shape index (κ3) is 5.28. The summed E-state index contributed by atoms with van der Waals surface area (Å²) < 4.78 is 4.96. The first-order chi connectivity index (χ1) is 15.3. The average molecular weight is 488 g/mol. The first-order valence-corrected chi connectivity index (χ1v) is 11.2. The lowest BCUT2D eigenvalue weighted by Gasteiger charge is -2.29. The zero-order valence-electron chi connectivity index (χ0n) is 17.2. The molecule has 1 atom stereocenters. The Morgan fingerprint density at radius 1 is 1.22 bits per heavy atom. The van der Waals surface area contributed by atoms with E-state index in [-0.39, 0.29) is 17.2 Å². The highest BCUT2D eigenvalue weighted by Gasteiger charge is 2.36. The summed E-state index contributed by atoms with van der Waals surface area (Å²) in [5.74, 6) is -1.51. The summed E-state index contributed by atoms with van der Waals surface area (Å²) in [6, 6.07) is 16.0. The number of anilines is 1. The first kappa shape index (κ1) is 23.7. The minimum absolute atomic E-state index is 0.0378. The Morgan fingerprint density at radius 3 is 2.62 bits per heavy atom. The van der Waals surface area contributed by atoms with Gasteiger partial charge in [-0.15, -0.1) is 0 Å². The summed E-state index contributed by atoms with van der Waals surface area (Å²) in [4.78, 5) is 25.0. The number of nitrogens with one attached hydrogen (secondary N) is 2. The van der Waals surface area contributed by atoms with E-state index in [4.69, 9.17) is 27.9 Å². The molecular weight excluding hydrogens is 469 g/mol. The van der Waals surface area contributed by atoms with Crippen LogP contribution in [0, 0.1) is 11.3 Å². The molecule has 0 saturated heterocycles. The number of carbonyl (C=O) groups is 2. The first-order valence-electron chi connectivity index (χ1n) is 9.48. The highest BCUT2D eigenvalue weighted by molar-refractivity contribution is 8.03. The zero-order chi connectivity index (χ0) is 23.3. The molecule has 3 rings (SSSR count). The topological polar surface area (TPSA) is 91.2 Å². The van der Waals surface area contributed by atoms with Gasteiger partial charge in [0.1, 0.15) is 0 Å². The third-order valence-corrected chi connectivity index (χ3v) is 6.32. The van der Waals surface area contributed by atoms with Crippen molar-refractivity contribution in [2.24, 2.45) is 0 Å². The summed E-state index contributed by atoms with van der Waals surface area (Å²) in [5, 5.41) is 17.2. The number of nitrogens with zero attached hydrogens (tertiary/aromatic N) is 1. The van der Waals surface area contributed by atoms with Crippen LogP contribution in [0.3, 0.4) is 0 Å². The molecule has 1 heterocycles. The number of dihydropyridines is 1. The minimum Gasteiger partial charge on any atom is -0.466 e. The Hall–Kier alpha value is -2.92. The van der Waals surface area contributed by atoms with Crippen molar-refractivity contribution in [3.8, 4) is 6.07 Å². The Labute approximate surface area is 200 Å². The molecule has 2 aromatic rings. The second kappa shape index (κ2) is 10.6. The molecule has 0 radical (unpaired) electrons. The highest BCUT2D eigenvalue weighted by atomic mass is 35.5. The number of nitriles is 1. The van der Waals surface area contributed by atoms with Crippen LogP contribution in [0.25, 0.3) is 0 Å². The van der Waals surface area contributed by atoms with Crippen LogP contribution in [-0.4, -0.2) is 24.7 Å². The Bertz CT molecular complexity index is 1170. The number of ether oxygens (including phenoxy) is 1. The van der Waals surface area contributed by atoms with Gasteiger partial charge in [-0.3, -0.25) is 4.79 Å². The van der Waals surface area contributed by atoms with Crippen molar-refractivity contribution in [2.75, 3.05) is 18.2 Å². The number of carbonyl (C=O) groups excluding carboxylic acids is 2. The van der Waals surface area contributed by atoms with E-state index in [9.17, 15) is 14.9 Å². The van der Waals surface area contributed by atoms with E-state index < -0.39 is 11.9 Å². The predicted octanol–water partition coefficient (Wildman–Crippen LogP) is 5.23. The number of benzene rings is 2. The quantitative estimate of drug-likeness (QED) is 0.541. The summed E-state index contributed by atoms with van der Waals surface area (Å²) in [6.45, 7) is 1.72. The molecule has 1 aliphatic heterocycles. The lowest BCUT2D eigenvalue weighted by Crippen LogP contribution is -2.29. The number of methoxy groups -OCH3 is 1. The molecule has 0 spiro atoms. The molecule has 0 unspecified atom stereocenters. The Balaban J connectivity index is 1.91. The van der Waals surface area contributed by atoms with Crippen LogP contribution in [0.4, 0.5) is 5.69 Å². The van der Waals surface area contributed by atoms with Gasteiger partial charge in [0.15, 0.2) is 0 Å². The number of halogens is 2. The van der Waals surface area contributed by atoms with E-state index in [0.29, 0.717) is 37.6 Å². The van der Waals surface area contributed by atoms with Crippen molar-refractivity contribution in [3.63, 3.8) is 0 Å². The molecule has 0 bridgehead atoms. The normalized spacial score (nSPS) is 15.7. The molecule has 1 aliphatic rings. The summed E-state index contributed by atoms with van der Waals surface area (Å²) in [5.41, 5.74) is 2.29. The van der Waals surface area contributed by atoms with Crippen molar-refractivity contribution in [1.29, 1.82) is 5.26 Å². The number of thioether (sulfide) groups is 1. The predicted molar refractivity (Wildman–Crippen MR) is 127 cm³/mol. The fourth-order valence-electron chi connectivity index (χ4n) is 3.33. The van der Waals surface area contributed by atoms with Crippen molar-refractivity contribution in [1.82, 2.24) is 5.32 Å². The maximum absolute atomic E-state index is 12.6. The second-order valence-corrected chi connectivity index (χ2v) is 8.64. The highest BCUT2D eigenvalue weighted by Crippen LogP contribution is 2.43. The van der Waals surface area contributed by atoms with Crippen molar-refractivity contribution in [2.45, 2.75) is 12.8 Å². The number of amides is 1. The SMILES string of the molecule is COC(=O)C1=C(C)NC(SCC(=O)Nc2cccc(Cl)c2)=C(C#N)[C@@H]1c1ccccc1Cl. The molecule has 0 saturated carbocycles. The van der Waals surface area contributed by atoms with E-state index >= 15 is 0 Å². The molecule has 2 N–H and O–H groups in total. The third-order valence-electron chi connectivity index (χ3n) is 4.72. The molecule has 0 fully saturated rings. The number of allylic oxidation sites excluding steroid dienone is 2. The average Bonchev–Trinajstić information content (AvgIpc) is 2.77. The summed E-state index contributed by atoms with van der Waals surface area (Å²) >= 11 is 13.5. The van der Waals surface area contributed by atoms with Gasteiger partial charge in [-0.05, 0) is 36.8 Å². The Morgan fingerprint density at radius 2 is 1.97 bits per heavy atom. The van der Waals surface area contributed by atoms with Gasteiger partial charge in [-0.25, -0.2) is 4.79 Å². The van der Waals surface area contributed by atoms with Crippen LogP contribution in [0.1, 0.15) is 18.4 Å². The summed E-state index contributed by atoms with van der Waals surface area (Å²) in [7, 11) is 1.28. The van der Waals surface area contributed by atoms with E-state index in [2.05, 4.69) is 16.7 Å². The van der Waals surface area contributed by atoms with Crippen LogP contribution >= 0.6 is 35.0 Å². The molecule has 0 aliphatic carbocycles. The molecule has 9 heteroatoms. The lowest BCUT2D eigenvalue weighted by atomic mass is 9.82. The molecule has 32 heavy (non-hydrogen) atoms. The number of rotatable bonds is 6. The van der Waals surface area contributed by atoms with E-state index in [0.717, 1.165) is 11.8 Å². The van der Waals surface area contributed by atoms with Crippen LogP contribution in [-0.2, 0) is 14.3 Å². The van der Waals surface area contributed by atoms with Crippen molar-refractivity contribution < 1.29 is 14.3 Å². The van der Waals surface area contributed by atoms with Gasteiger partial charge >= 0.3 is 5.97 Å². The van der Waals surface area contributed by atoms with E-state index in [1.54, 1.807) is 55.5 Å². The molecule has 0 aromatic heterocycles. The monoisotopic (exact) mass is 487 g/mol. The fraction of sp³-hybridized carbons (Fsp3) is 0.174. The van der Waals surface area contributed by atoms with Gasteiger partial charge in [0.05, 0.1) is 41.0 Å².